The summed E-state index contributed by atoms with van der Waals surface area (Å²) in [5, 5.41) is 0. The van der Waals surface area contributed by atoms with Crippen molar-refractivity contribution in [2.75, 3.05) is 19.8 Å². The van der Waals surface area contributed by atoms with Gasteiger partial charge in [-0.05, 0) is 25.2 Å². The maximum atomic E-state index is 5.53. The molecule has 0 spiro atoms. The zero-order chi connectivity index (χ0) is 7.73. The van der Waals surface area contributed by atoms with Crippen molar-refractivity contribution in [3.8, 4) is 0 Å². The van der Waals surface area contributed by atoms with E-state index < -0.39 is 0 Å². The molecule has 0 radical (unpaired) electrons. The van der Waals surface area contributed by atoms with Crippen molar-refractivity contribution < 1.29 is 9.47 Å². The topological polar surface area (TPSA) is 21.8 Å². The lowest BCUT2D eigenvalue weighted by Gasteiger charge is -2.26. The van der Waals surface area contributed by atoms with Gasteiger partial charge in [0.05, 0.1) is 12.2 Å². The highest BCUT2D eigenvalue weighted by Gasteiger charge is 2.49. The molecule has 11 heavy (non-hydrogen) atoms. The second-order valence-corrected chi connectivity index (χ2v) is 3.59. The van der Waals surface area contributed by atoms with Gasteiger partial charge in [-0.15, -0.1) is 0 Å². The van der Waals surface area contributed by atoms with Crippen LogP contribution in [0.2, 0.25) is 0 Å². The molecule has 0 N–H and O–H groups in total. The van der Waals surface area contributed by atoms with E-state index in [-0.39, 0.29) is 5.60 Å². The van der Waals surface area contributed by atoms with Gasteiger partial charge in [-0.2, -0.15) is 0 Å². The number of epoxide rings is 1. The smallest absolute Gasteiger partial charge is 0.0943 e. The van der Waals surface area contributed by atoms with Gasteiger partial charge in [0.2, 0.25) is 0 Å². The summed E-state index contributed by atoms with van der Waals surface area (Å²) in [5.41, 5.74) is 0.282. The molecule has 0 aliphatic carbocycles. The fourth-order valence-electron chi connectivity index (χ4n) is 2.04. The molecule has 2 saturated heterocycles. The monoisotopic (exact) mass is 156 g/mol. The Kier molecular flexibility index (Phi) is 1.90. The van der Waals surface area contributed by atoms with Gasteiger partial charge in [0.15, 0.2) is 0 Å². The van der Waals surface area contributed by atoms with Gasteiger partial charge in [0, 0.05) is 13.2 Å². The highest BCUT2D eigenvalue weighted by molar-refractivity contribution is 4.97. The minimum atomic E-state index is 0.282. The Balaban J connectivity index is 1.92. The molecule has 0 bridgehead atoms. The van der Waals surface area contributed by atoms with Gasteiger partial charge in [0.1, 0.15) is 0 Å². The van der Waals surface area contributed by atoms with Crippen LogP contribution in [0.4, 0.5) is 0 Å². The Morgan fingerprint density at radius 3 is 2.45 bits per heavy atom. The van der Waals surface area contributed by atoms with E-state index in [9.17, 15) is 0 Å². The van der Waals surface area contributed by atoms with Crippen molar-refractivity contribution in [3.63, 3.8) is 0 Å². The van der Waals surface area contributed by atoms with Crippen molar-refractivity contribution in [3.05, 3.63) is 0 Å². The fourth-order valence-corrected chi connectivity index (χ4v) is 2.04. The van der Waals surface area contributed by atoms with Crippen molar-refractivity contribution >= 4 is 0 Å². The summed E-state index contributed by atoms with van der Waals surface area (Å²) in [6.07, 6.45) is 3.58. The molecule has 2 fully saturated rings. The summed E-state index contributed by atoms with van der Waals surface area (Å²) in [4.78, 5) is 0. The molecule has 1 atom stereocenters. The molecule has 2 aliphatic heterocycles. The summed E-state index contributed by atoms with van der Waals surface area (Å²) in [6, 6.07) is 0. The van der Waals surface area contributed by atoms with Crippen molar-refractivity contribution in [2.45, 2.75) is 31.8 Å². The van der Waals surface area contributed by atoms with Crippen molar-refractivity contribution in [2.24, 2.45) is 5.92 Å². The number of rotatable bonds is 2. The van der Waals surface area contributed by atoms with E-state index in [4.69, 9.17) is 9.47 Å². The van der Waals surface area contributed by atoms with E-state index in [1.807, 2.05) is 0 Å². The van der Waals surface area contributed by atoms with E-state index in [2.05, 4.69) is 6.92 Å². The first-order chi connectivity index (χ1) is 5.37. The van der Waals surface area contributed by atoms with E-state index in [0.29, 0.717) is 0 Å². The molecular formula is C9H16O2. The Bertz CT molecular complexity index is 134. The minimum Gasteiger partial charge on any atom is -0.381 e. The zero-order valence-corrected chi connectivity index (χ0v) is 7.14. The van der Waals surface area contributed by atoms with Gasteiger partial charge in [-0.3, -0.25) is 0 Å². The number of hydrogen-bond acceptors (Lipinski definition) is 2. The van der Waals surface area contributed by atoms with Crippen LogP contribution in [0.25, 0.3) is 0 Å². The molecule has 64 valence electrons. The Labute approximate surface area is 67.9 Å². The third-order valence-electron chi connectivity index (χ3n) is 3.08. The molecular weight excluding hydrogens is 140 g/mol. The van der Waals surface area contributed by atoms with Crippen LogP contribution in [0, 0.1) is 5.92 Å². The lowest BCUT2D eigenvalue weighted by molar-refractivity contribution is 0.0346. The summed E-state index contributed by atoms with van der Waals surface area (Å²) < 4.78 is 10.8. The van der Waals surface area contributed by atoms with Gasteiger partial charge >= 0.3 is 0 Å². The van der Waals surface area contributed by atoms with Gasteiger partial charge < -0.3 is 9.47 Å². The van der Waals surface area contributed by atoms with E-state index in [1.54, 1.807) is 0 Å². The largest absolute Gasteiger partial charge is 0.381 e. The third-order valence-corrected chi connectivity index (χ3v) is 3.08. The van der Waals surface area contributed by atoms with Gasteiger partial charge in [-0.1, -0.05) is 6.92 Å². The Hall–Kier alpha value is -0.0800. The molecule has 0 aromatic rings. The fraction of sp³-hybridized carbons (Fsp3) is 1.00. The molecule has 0 amide bonds. The van der Waals surface area contributed by atoms with Crippen LogP contribution in [0.1, 0.15) is 26.2 Å². The average Bonchev–Trinajstić information content (AvgIpc) is 2.86. The minimum absolute atomic E-state index is 0.282. The second-order valence-electron chi connectivity index (χ2n) is 3.59. The first-order valence-corrected chi connectivity index (χ1v) is 4.59. The van der Waals surface area contributed by atoms with Crippen LogP contribution in [0.15, 0.2) is 0 Å². The van der Waals surface area contributed by atoms with Crippen LogP contribution < -0.4 is 0 Å². The number of hydrogen-bond donors (Lipinski definition) is 0. The molecule has 2 rings (SSSR count). The van der Waals surface area contributed by atoms with E-state index >= 15 is 0 Å². The van der Waals surface area contributed by atoms with Crippen LogP contribution in [0.3, 0.4) is 0 Å². The quantitative estimate of drug-likeness (QED) is 0.566. The summed E-state index contributed by atoms with van der Waals surface area (Å²) in [5.74, 6) is 0.779. The van der Waals surface area contributed by atoms with E-state index in [0.717, 1.165) is 25.7 Å². The maximum Gasteiger partial charge on any atom is 0.0943 e. The van der Waals surface area contributed by atoms with Crippen LogP contribution in [-0.2, 0) is 9.47 Å². The highest BCUT2D eigenvalue weighted by Crippen LogP contribution is 2.42. The molecule has 2 aliphatic rings. The lowest BCUT2D eigenvalue weighted by atomic mass is 9.85. The zero-order valence-electron chi connectivity index (χ0n) is 7.14. The summed E-state index contributed by atoms with van der Waals surface area (Å²) in [6.45, 7) is 5.10. The molecule has 2 nitrogen and oxygen atoms in total. The number of ether oxygens (including phenoxy) is 2. The highest BCUT2D eigenvalue weighted by atomic mass is 16.6. The van der Waals surface area contributed by atoms with Gasteiger partial charge in [-0.25, -0.2) is 0 Å². The molecule has 2 heteroatoms. The molecule has 0 saturated carbocycles. The standard InChI is InChI=1S/C9H16O2/c1-2-9(7-11-9)8-3-5-10-6-4-8/h8H,2-7H2,1H3. The summed E-state index contributed by atoms with van der Waals surface area (Å²) >= 11 is 0. The van der Waals surface area contributed by atoms with Crippen LogP contribution >= 0.6 is 0 Å². The van der Waals surface area contributed by atoms with Crippen molar-refractivity contribution in [1.82, 2.24) is 0 Å². The molecule has 0 aromatic heterocycles. The van der Waals surface area contributed by atoms with Crippen LogP contribution in [-0.4, -0.2) is 25.4 Å². The van der Waals surface area contributed by atoms with E-state index in [1.165, 1.54) is 19.3 Å². The normalized spacial score (nSPS) is 39.0. The predicted molar refractivity (Wildman–Crippen MR) is 42.5 cm³/mol. The van der Waals surface area contributed by atoms with Crippen LogP contribution in [0.5, 0.6) is 0 Å². The van der Waals surface area contributed by atoms with Gasteiger partial charge in [0.25, 0.3) is 0 Å². The lowest BCUT2D eigenvalue weighted by Crippen LogP contribution is -2.29. The third kappa shape index (κ3) is 1.30. The molecule has 2 heterocycles. The first kappa shape index (κ1) is 7.56. The average molecular weight is 156 g/mol. The first-order valence-electron chi connectivity index (χ1n) is 4.59. The Morgan fingerprint density at radius 2 is 2.00 bits per heavy atom. The predicted octanol–water partition coefficient (Wildman–Crippen LogP) is 1.59. The maximum absolute atomic E-state index is 5.53. The molecule has 1 unspecified atom stereocenters. The second kappa shape index (κ2) is 2.76. The van der Waals surface area contributed by atoms with Crippen molar-refractivity contribution in [1.29, 1.82) is 0 Å². The Morgan fingerprint density at radius 1 is 1.36 bits per heavy atom. The SMILES string of the molecule is CCC1(C2CCOCC2)CO1. The summed E-state index contributed by atoms with van der Waals surface area (Å²) in [7, 11) is 0. The molecule has 0 aromatic carbocycles.